The van der Waals surface area contributed by atoms with Gasteiger partial charge in [-0.25, -0.2) is 4.39 Å². The van der Waals surface area contributed by atoms with Crippen molar-refractivity contribution in [1.82, 2.24) is 0 Å². The number of nitrogens with zero attached hydrogens (tertiary/aromatic N) is 1. The summed E-state index contributed by atoms with van der Waals surface area (Å²) in [6.45, 7) is 0. The number of rotatable bonds is 2. The highest BCUT2D eigenvalue weighted by molar-refractivity contribution is 5.36. The van der Waals surface area contributed by atoms with Crippen molar-refractivity contribution in [3.8, 4) is 11.8 Å². The molecule has 2 atom stereocenters. The molecule has 0 fully saturated rings. The summed E-state index contributed by atoms with van der Waals surface area (Å²) in [5.74, 6) is -1.36. The second-order valence-electron chi connectivity index (χ2n) is 2.69. The van der Waals surface area contributed by atoms with Crippen molar-refractivity contribution >= 4 is 0 Å². The number of hydrogen-bond donors (Lipinski definition) is 3. The Morgan fingerprint density at radius 2 is 2.00 bits per heavy atom. The van der Waals surface area contributed by atoms with Gasteiger partial charge in [-0.05, 0) is 12.1 Å². The van der Waals surface area contributed by atoms with E-state index in [0.29, 0.717) is 0 Å². The number of phenols is 1. The lowest BCUT2D eigenvalue weighted by atomic mass is 10.0. The third-order valence-electron chi connectivity index (χ3n) is 1.76. The zero-order chi connectivity index (χ0) is 10.7. The number of phenolic OH excluding ortho intramolecular Hbond substituents is 1. The van der Waals surface area contributed by atoms with Gasteiger partial charge in [0.1, 0.15) is 17.7 Å². The van der Waals surface area contributed by atoms with Gasteiger partial charge < -0.3 is 15.3 Å². The van der Waals surface area contributed by atoms with Crippen LogP contribution in [-0.4, -0.2) is 21.4 Å². The molecule has 1 aromatic rings. The van der Waals surface area contributed by atoms with Crippen LogP contribution in [-0.2, 0) is 0 Å². The molecule has 5 heteroatoms. The van der Waals surface area contributed by atoms with Crippen LogP contribution in [0, 0.1) is 17.1 Å². The molecule has 0 aromatic heterocycles. The lowest BCUT2D eigenvalue weighted by Gasteiger charge is -2.13. The first-order chi connectivity index (χ1) is 6.57. The fourth-order valence-electron chi connectivity index (χ4n) is 1.05. The summed E-state index contributed by atoms with van der Waals surface area (Å²) in [4.78, 5) is 0. The number of aliphatic hydroxyl groups is 2. The molecule has 74 valence electrons. The lowest BCUT2D eigenvalue weighted by molar-refractivity contribution is 0.0485. The van der Waals surface area contributed by atoms with Crippen molar-refractivity contribution in [2.75, 3.05) is 0 Å². The molecule has 1 aromatic carbocycles. The molecule has 1 rings (SSSR count). The molecule has 0 saturated carbocycles. The van der Waals surface area contributed by atoms with Gasteiger partial charge in [0.25, 0.3) is 0 Å². The third-order valence-corrected chi connectivity index (χ3v) is 1.76. The van der Waals surface area contributed by atoms with Gasteiger partial charge in [-0.3, -0.25) is 0 Å². The summed E-state index contributed by atoms with van der Waals surface area (Å²) in [7, 11) is 0. The van der Waals surface area contributed by atoms with E-state index in [2.05, 4.69) is 0 Å². The quantitative estimate of drug-likeness (QED) is 0.601. The van der Waals surface area contributed by atoms with Crippen molar-refractivity contribution in [1.29, 1.82) is 5.26 Å². The average molecular weight is 197 g/mol. The van der Waals surface area contributed by atoms with E-state index >= 15 is 0 Å². The first-order valence-corrected chi connectivity index (χ1v) is 3.81. The van der Waals surface area contributed by atoms with Gasteiger partial charge in [0.05, 0.1) is 11.6 Å². The minimum atomic E-state index is -1.77. The Kier molecular flexibility index (Phi) is 3.02. The van der Waals surface area contributed by atoms with E-state index in [1.807, 2.05) is 0 Å². The minimum Gasteiger partial charge on any atom is -0.507 e. The average Bonchev–Trinajstić information content (AvgIpc) is 2.16. The molecular formula is C9H8FNO3. The largest absolute Gasteiger partial charge is 0.507 e. The Morgan fingerprint density at radius 3 is 2.50 bits per heavy atom. The monoisotopic (exact) mass is 197 g/mol. The Morgan fingerprint density at radius 1 is 1.36 bits per heavy atom. The summed E-state index contributed by atoms with van der Waals surface area (Å²) in [6, 6.07) is 4.77. The normalized spacial score (nSPS) is 14.4. The molecule has 0 aliphatic carbocycles. The third kappa shape index (κ3) is 1.82. The predicted molar refractivity (Wildman–Crippen MR) is 44.6 cm³/mol. The lowest BCUT2D eigenvalue weighted by Crippen LogP contribution is -2.17. The molecule has 4 nitrogen and oxygen atoms in total. The van der Waals surface area contributed by atoms with Crippen molar-refractivity contribution in [3.05, 3.63) is 29.6 Å². The summed E-state index contributed by atoms with van der Waals surface area (Å²) >= 11 is 0. The molecular weight excluding hydrogens is 189 g/mol. The molecule has 3 N–H and O–H groups in total. The summed E-state index contributed by atoms with van der Waals surface area (Å²) in [6.07, 6.45) is -3.51. The van der Waals surface area contributed by atoms with Crippen LogP contribution in [0.2, 0.25) is 0 Å². The SMILES string of the molecule is N#CC(O)C(O)c1c(O)cccc1F. The number of aliphatic hydroxyl groups excluding tert-OH is 2. The first-order valence-electron chi connectivity index (χ1n) is 3.81. The van der Waals surface area contributed by atoms with Crippen LogP contribution in [0.4, 0.5) is 4.39 Å². The minimum absolute atomic E-state index is 0.471. The predicted octanol–water partition coefficient (Wildman–Crippen LogP) is 0.449. The number of nitriles is 1. The van der Waals surface area contributed by atoms with E-state index in [1.165, 1.54) is 12.1 Å². The van der Waals surface area contributed by atoms with Crippen molar-refractivity contribution in [3.63, 3.8) is 0 Å². The van der Waals surface area contributed by atoms with Crippen LogP contribution in [0.3, 0.4) is 0 Å². The van der Waals surface area contributed by atoms with Crippen molar-refractivity contribution < 1.29 is 19.7 Å². The number of benzene rings is 1. The van der Waals surface area contributed by atoms with Crippen LogP contribution >= 0.6 is 0 Å². The first kappa shape index (κ1) is 10.4. The smallest absolute Gasteiger partial charge is 0.170 e. The van der Waals surface area contributed by atoms with Gasteiger partial charge in [0.2, 0.25) is 0 Å². The molecule has 0 radical (unpaired) electrons. The van der Waals surface area contributed by atoms with Crippen LogP contribution in [0.5, 0.6) is 5.75 Å². The van der Waals surface area contributed by atoms with Crippen LogP contribution < -0.4 is 0 Å². The second kappa shape index (κ2) is 4.05. The van der Waals surface area contributed by atoms with Gasteiger partial charge in [-0.15, -0.1) is 0 Å². The molecule has 0 spiro atoms. The molecule has 2 unspecified atom stereocenters. The topological polar surface area (TPSA) is 84.5 Å². The molecule has 14 heavy (non-hydrogen) atoms. The van der Waals surface area contributed by atoms with E-state index in [1.54, 1.807) is 0 Å². The highest BCUT2D eigenvalue weighted by Crippen LogP contribution is 2.28. The van der Waals surface area contributed by atoms with E-state index in [4.69, 9.17) is 10.4 Å². The van der Waals surface area contributed by atoms with Crippen LogP contribution in [0.25, 0.3) is 0 Å². The van der Waals surface area contributed by atoms with E-state index in [0.717, 1.165) is 12.1 Å². The van der Waals surface area contributed by atoms with Gasteiger partial charge in [-0.1, -0.05) is 6.07 Å². The Labute approximate surface area is 79.5 Å². The van der Waals surface area contributed by atoms with Gasteiger partial charge in [-0.2, -0.15) is 5.26 Å². The maximum absolute atomic E-state index is 13.1. The molecule has 0 amide bonds. The Balaban J connectivity index is 3.13. The molecule has 0 aliphatic rings. The zero-order valence-corrected chi connectivity index (χ0v) is 7.05. The van der Waals surface area contributed by atoms with Gasteiger partial charge in [0.15, 0.2) is 6.10 Å². The number of halogens is 1. The van der Waals surface area contributed by atoms with E-state index in [9.17, 15) is 14.6 Å². The number of hydrogen-bond acceptors (Lipinski definition) is 4. The van der Waals surface area contributed by atoms with E-state index < -0.39 is 29.3 Å². The summed E-state index contributed by atoms with van der Waals surface area (Å²) in [5, 5.41) is 35.7. The van der Waals surface area contributed by atoms with E-state index in [-0.39, 0.29) is 0 Å². The standard InChI is InChI=1S/C9H8FNO3/c10-5-2-1-3-6(12)8(5)9(14)7(13)4-11/h1-3,7,9,12-14H. The summed E-state index contributed by atoms with van der Waals surface area (Å²) < 4.78 is 13.1. The zero-order valence-electron chi connectivity index (χ0n) is 7.05. The fraction of sp³-hybridized carbons (Fsp3) is 0.222. The maximum atomic E-state index is 13.1. The number of aromatic hydroxyl groups is 1. The van der Waals surface area contributed by atoms with Gasteiger partial charge in [0, 0.05) is 0 Å². The second-order valence-corrected chi connectivity index (χ2v) is 2.69. The van der Waals surface area contributed by atoms with Crippen LogP contribution in [0.1, 0.15) is 11.7 Å². The summed E-state index contributed by atoms with van der Waals surface area (Å²) in [5.41, 5.74) is -0.471. The molecule has 0 aliphatic heterocycles. The Bertz CT molecular complexity index is 355. The van der Waals surface area contributed by atoms with Crippen molar-refractivity contribution in [2.24, 2.45) is 0 Å². The van der Waals surface area contributed by atoms with Crippen molar-refractivity contribution in [2.45, 2.75) is 12.2 Å². The molecule has 0 heterocycles. The molecule has 0 bridgehead atoms. The van der Waals surface area contributed by atoms with Crippen LogP contribution in [0.15, 0.2) is 18.2 Å². The van der Waals surface area contributed by atoms with Gasteiger partial charge >= 0.3 is 0 Å². The fourth-order valence-corrected chi connectivity index (χ4v) is 1.05. The highest BCUT2D eigenvalue weighted by Gasteiger charge is 2.24. The molecule has 0 saturated heterocycles. The highest BCUT2D eigenvalue weighted by atomic mass is 19.1. The Hall–Kier alpha value is -1.64. The maximum Gasteiger partial charge on any atom is 0.170 e.